The van der Waals surface area contributed by atoms with E-state index < -0.39 is 0 Å². The third kappa shape index (κ3) is 4.64. The number of hydrogen-bond donors (Lipinski definition) is 0. The van der Waals surface area contributed by atoms with E-state index in [0.717, 1.165) is 25.0 Å². The zero-order valence-corrected chi connectivity index (χ0v) is 14.1. The van der Waals surface area contributed by atoms with Gasteiger partial charge in [-0.25, -0.2) is 0 Å². The van der Waals surface area contributed by atoms with E-state index in [1.807, 2.05) is 15.5 Å². The number of rotatable bonds is 7. The second-order valence-corrected chi connectivity index (χ2v) is 6.35. The van der Waals surface area contributed by atoms with Gasteiger partial charge in [-0.2, -0.15) is 0 Å². The molecule has 128 valence electrons. The maximum atomic E-state index is 12.7. The number of amides is 1. The summed E-state index contributed by atoms with van der Waals surface area (Å²) >= 11 is 0. The normalized spacial score (nSPS) is 17.1. The fourth-order valence-corrected chi connectivity index (χ4v) is 3.04. The Hall–Kier alpha value is -2.21. The highest BCUT2D eigenvalue weighted by Gasteiger charge is 2.22. The van der Waals surface area contributed by atoms with Gasteiger partial charge in [-0.05, 0) is 25.3 Å². The maximum Gasteiger partial charge on any atom is 0.224 e. The van der Waals surface area contributed by atoms with Crippen molar-refractivity contribution in [3.63, 3.8) is 0 Å². The number of hydrogen-bond acceptors (Lipinski definition) is 4. The van der Waals surface area contributed by atoms with Crippen molar-refractivity contribution in [2.75, 3.05) is 13.2 Å². The summed E-state index contributed by atoms with van der Waals surface area (Å²) in [6.45, 7) is 4.76. The van der Waals surface area contributed by atoms with Crippen LogP contribution in [0.2, 0.25) is 0 Å². The average molecular weight is 328 g/mol. The molecular formula is C18H24N4O2. The third-order valence-electron chi connectivity index (χ3n) is 4.31. The lowest BCUT2D eigenvalue weighted by Crippen LogP contribution is -2.37. The van der Waals surface area contributed by atoms with Gasteiger partial charge in [0, 0.05) is 32.7 Å². The minimum atomic E-state index is 0.140. The monoisotopic (exact) mass is 328 g/mol. The van der Waals surface area contributed by atoms with E-state index in [0.29, 0.717) is 26.1 Å². The Balaban J connectivity index is 1.64. The van der Waals surface area contributed by atoms with Gasteiger partial charge >= 0.3 is 0 Å². The summed E-state index contributed by atoms with van der Waals surface area (Å²) in [4.78, 5) is 14.7. The van der Waals surface area contributed by atoms with Crippen LogP contribution < -0.4 is 0 Å². The van der Waals surface area contributed by atoms with Crippen LogP contribution in [0, 0.1) is 6.92 Å². The quantitative estimate of drug-likeness (QED) is 0.782. The molecule has 1 aromatic carbocycles. The summed E-state index contributed by atoms with van der Waals surface area (Å²) in [5.41, 5.74) is 2.37. The highest BCUT2D eigenvalue weighted by molar-refractivity contribution is 5.76. The maximum absolute atomic E-state index is 12.7. The molecule has 0 saturated carbocycles. The molecule has 1 atom stereocenters. The minimum Gasteiger partial charge on any atom is -0.376 e. The predicted octanol–water partition coefficient (Wildman–Crippen LogP) is 2.18. The fraction of sp³-hybridized carbons (Fsp3) is 0.500. The van der Waals surface area contributed by atoms with Crippen LogP contribution in [0.3, 0.4) is 0 Å². The van der Waals surface area contributed by atoms with Crippen molar-refractivity contribution in [2.24, 2.45) is 0 Å². The molecule has 2 aromatic rings. The number of ether oxygens (including phenoxy) is 1. The molecule has 1 unspecified atom stereocenters. The molecule has 3 rings (SSSR count). The molecule has 6 nitrogen and oxygen atoms in total. The molecule has 1 aliphatic rings. The Kier molecular flexibility index (Phi) is 5.59. The van der Waals surface area contributed by atoms with Crippen molar-refractivity contribution in [1.82, 2.24) is 19.7 Å². The van der Waals surface area contributed by atoms with Crippen LogP contribution in [-0.2, 0) is 22.6 Å². The Morgan fingerprint density at radius 2 is 2.21 bits per heavy atom. The number of aromatic nitrogens is 3. The summed E-state index contributed by atoms with van der Waals surface area (Å²) in [6, 6.07) is 8.32. The molecule has 1 fully saturated rings. The van der Waals surface area contributed by atoms with Crippen LogP contribution >= 0.6 is 0 Å². The van der Waals surface area contributed by atoms with Crippen LogP contribution in [0.5, 0.6) is 0 Å². The molecule has 0 radical (unpaired) electrons. The molecule has 24 heavy (non-hydrogen) atoms. The van der Waals surface area contributed by atoms with E-state index in [2.05, 4.69) is 35.3 Å². The molecule has 6 heteroatoms. The molecule has 1 aromatic heterocycles. The number of carbonyl (C=O) groups excluding carboxylic acids is 1. The Bertz CT molecular complexity index is 651. The molecule has 0 N–H and O–H groups in total. The first-order valence-electron chi connectivity index (χ1n) is 8.48. The van der Waals surface area contributed by atoms with Gasteiger partial charge < -0.3 is 14.2 Å². The lowest BCUT2D eigenvalue weighted by atomic mass is 10.1. The van der Waals surface area contributed by atoms with Crippen LogP contribution in [-0.4, -0.2) is 44.8 Å². The number of carbonyl (C=O) groups is 1. The van der Waals surface area contributed by atoms with Crippen molar-refractivity contribution < 1.29 is 9.53 Å². The number of nitrogens with zero attached hydrogens (tertiary/aromatic N) is 4. The van der Waals surface area contributed by atoms with E-state index >= 15 is 0 Å². The molecule has 1 aliphatic heterocycles. The van der Waals surface area contributed by atoms with E-state index in [4.69, 9.17) is 4.74 Å². The van der Waals surface area contributed by atoms with Crippen LogP contribution in [0.1, 0.15) is 30.4 Å². The summed E-state index contributed by atoms with van der Waals surface area (Å²) in [6.07, 6.45) is 5.99. The molecule has 1 amide bonds. The van der Waals surface area contributed by atoms with Gasteiger partial charge in [-0.1, -0.05) is 29.8 Å². The zero-order valence-electron chi connectivity index (χ0n) is 14.1. The van der Waals surface area contributed by atoms with Gasteiger partial charge in [0.25, 0.3) is 0 Å². The molecule has 0 bridgehead atoms. The number of aryl methyl sites for hydroxylation is 2. The van der Waals surface area contributed by atoms with Crippen molar-refractivity contribution >= 4 is 5.91 Å². The molecule has 0 spiro atoms. The SMILES string of the molecule is Cc1cccc(CN(CC2CCCO2)C(=O)CCn2cnnc2)c1. The van der Waals surface area contributed by atoms with Gasteiger partial charge in [-0.15, -0.1) is 10.2 Å². The minimum absolute atomic E-state index is 0.140. The highest BCUT2D eigenvalue weighted by Crippen LogP contribution is 2.16. The summed E-state index contributed by atoms with van der Waals surface area (Å²) in [5, 5.41) is 7.55. The molecular weight excluding hydrogens is 304 g/mol. The predicted molar refractivity (Wildman–Crippen MR) is 90.2 cm³/mol. The zero-order chi connectivity index (χ0) is 16.8. The first-order valence-corrected chi connectivity index (χ1v) is 8.48. The smallest absolute Gasteiger partial charge is 0.224 e. The Morgan fingerprint density at radius 3 is 2.92 bits per heavy atom. The lowest BCUT2D eigenvalue weighted by Gasteiger charge is -2.26. The van der Waals surface area contributed by atoms with Gasteiger partial charge in [0.15, 0.2) is 0 Å². The van der Waals surface area contributed by atoms with Crippen LogP contribution in [0.25, 0.3) is 0 Å². The highest BCUT2D eigenvalue weighted by atomic mass is 16.5. The third-order valence-corrected chi connectivity index (χ3v) is 4.31. The van der Waals surface area contributed by atoms with Gasteiger partial charge in [0.05, 0.1) is 6.10 Å². The molecule has 0 aliphatic carbocycles. The topological polar surface area (TPSA) is 60.2 Å². The largest absolute Gasteiger partial charge is 0.376 e. The van der Waals surface area contributed by atoms with Crippen molar-refractivity contribution in [3.05, 3.63) is 48.0 Å². The molecule has 1 saturated heterocycles. The summed E-state index contributed by atoms with van der Waals surface area (Å²) in [7, 11) is 0. The first-order chi connectivity index (χ1) is 11.7. The van der Waals surface area contributed by atoms with E-state index in [-0.39, 0.29) is 12.0 Å². The van der Waals surface area contributed by atoms with Gasteiger partial charge in [0.1, 0.15) is 12.7 Å². The second kappa shape index (κ2) is 8.06. The molecule has 2 heterocycles. The van der Waals surface area contributed by atoms with Gasteiger partial charge in [0.2, 0.25) is 5.91 Å². The van der Waals surface area contributed by atoms with E-state index in [1.165, 1.54) is 5.56 Å². The summed E-state index contributed by atoms with van der Waals surface area (Å²) in [5.74, 6) is 0.140. The first kappa shape index (κ1) is 16.6. The van der Waals surface area contributed by atoms with Crippen LogP contribution in [0.4, 0.5) is 0 Å². The standard InChI is InChI=1S/C18H24N4O2/c1-15-4-2-5-16(10-15)11-22(12-17-6-3-9-24-17)18(23)7-8-21-13-19-20-14-21/h2,4-5,10,13-14,17H,3,6-9,11-12H2,1H3. The van der Waals surface area contributed by atoms with Crippen molar-refractivity contribution in [1.29, 1.82) is 0 Å². The fourth-order valence-electron chi connectivity index (χ4n) is 3.04. The van der Waals surface area contributed by atoms with E-state index in [1.54, 1.807) is 12.7 Å². The Labute approximate surface area is 142 Å². The van der Waals surface area contributed by atoms with Crippen molar-refractivity contribution in [2.45, 2.75) is 45.4 Å². The van der Waals surface area contributed by atoms with Crippen LogP contribution in [0.15, 0.2) is 36.9 Å². The second-order valence-electron chi connectivity index (χ2n) is 6.35. The van der Waals surface area contributed by atoms with Gasteiger partial charge in [-0.3, -0.25) is 4.79 Å². The average Bonchev–Trinajstić information content (AvgIpc) is 3.26. The summed E-state index contributed by atoms with van der Waals surface area (Å²) < 4.78 is 7.55. The lowest BCUT2D eigenvalue weighted by molar-refractivity contribution is -0.133. The van der Waals surface area contributed by atoms with E-state index in [9.17, 15) is 4.79 Å². The Morgan fingerprint density at radius 1 is 1.38 bits per heavy atom. The van der Waals surface area contributed by atoms with Crippen molar-refractivity contribution in [3.8, 4) is 0 Å². The number of benzene rings is 1.